The third-order valence-electron chi connectivity index (χ3n) is 7.27. The molecule has 7 rings (SSSR count). The molecule has 38 heavy (non-hydrogen) atoms. The Bertz CT molecular complexity index is 1810. The maximum Gasteiger partial charge on any atom is 0.227 e. The summed E-state index contributed by atoms with van der Waals surface area (Å²) in [5.74, 6) is 0.179. The molecule has 0 unspecified atom stereocenters. The highest BCUT2D eigenvalue weighted by molar-refractivity contribution is 7.15. The van der Waals surface area contributed by atoms with Crippen LogP contribution in [0.3, 0.4) is 0 Å². The van der Waals surface area contributed by atoms with Crippen molar-refractivity contribution in [2.75, 3.05) is 5.32 Å². The summed E-state index contributed by atoms with van der Waals surface area (Å²) in [6.45, 7) is 2.10. The third kappa shape index (κ3) is 4.05. The topological polar surface area (TPSA) is 112 Å². The number of carbonyl (C=O) groups is 1. The number of hydrogen-bond donors (Lipinski definition) is 3. The largest absolute Gasteiger partial charge is 0.353 e. The predicted molar refractivity (Wildman–Crippen MR) is 151 cm³/mol. The molecule has 0 radical (unpaired) electrons. The zero-order valence-electron chi connectivity index (χ0n) is 20.8. The summed E-state index contributed by atoms with van der Waals surface area (Å²) in [4.78, 5) is 32.2. The minimum atomic E-state index is 0.0810. The van der Waals surface area contributed by atoms with Crippen LogP contribution in [0, 0.1) is 12.8 Å². The highest BCUT2D eigenvalue weighted by atomic mass is 32.1. The summed E-state index contributed by atoms with van der Waals surface area (Å²) in [6, 6.07) is 12.4. The third-order valence-corrected chi connectivity index (χ3v) is 8.27. The van der Waals surface area contributed by atoms with E-state index in [2.05, 4.69) is 66.6 Å². The van der Waals surface area contributed by atoms with E-state index in [4.69, 9.17) is 0 Å². The van der Waals surface area contributed by atoms with Crippen LogP contribution < -0.4 is 5.32 Å². The fourth-order valence-corrected chi connectivity index (χ4v) is 6.19. The second-order valence-corrected chi connectivity index (χ2v) is 11.1. The molecule has 8 nitrogen and oxygen atoms in total. The number of amides is 1. The predicted octanol–water partition coefficient (Wildman–Crippen LogP) is 6.73. The molecule has 0 aliphatic heterocycles. The molecule has 3 N–H and O–H groups in total. The van der Waals surface area contributed by atoms with E-state index in [0.717, 1.165) is 75.1 Å². The van der Waals surface area contributed by atoms with Crippen molar-refractivity contribution >= 4 is 44.9 Å². The van der Waals surface area contributed by atoms with Crippen molar-refractivity contribution in [3.63, 3.8) is 0 Å². The molecule has 9 heteroatoms. The Labute approximate surface area is 222 Å². The molecule has 0 bridgehead atoms. The van der Waals surface area contributed by atoms with Gasteiger partial charge < -0.3 is 10.3 Å². The van der Waals surface area contributed by atoms with Gasteiger partial charge in [0.2, 0.25) is 5.91 Å². The fraction of sp³-hybridized carbons (Fsp3) is 0.207. The van der Waals surface area contributed by atoms with Crippen molar-refractivity contribution < 1.29 is 4.79 Å². The van der Waals surface area contributed by atoms with Crippen LogP contribution in [0.2, 0.25) is 0 Å². The number of fused-ring (bicyclic) bond motifs is 2. The lowest BCUT2D eigenvalue weighted by atomic mass is 10.1. The van der Waals surface area contributed by atoms with E-state index in [-0.39, 0.29) is 11.8 Å². The molecule has 6 aromatic rings. The van der Waals surface area contributed by atoms with Crippen LogP contribution in [-0.2, 0) is 4.79 Å². The van der Waals surface area contributed by atoms with Gasteiger partial charge in [-0.2, -0.15) is 5.10 Å². The Hall–Kier alpha value is -4.37. The van der Waals surface area contributed by atoms with Gasteiger partial charge >= 0.3 is 0 Å². The number of thiophene rings is 1. The Morgan fingerprint density at radius 3 is 2.71 bits per heavy atom. The summed E-state index contributed by atoms with van der Waals surface area (Å²) in [7, 11) is 0. The SMILES string of the molecule is Cc1ccc(-c2nccc3[nH]c(-c4[nH]nc5ncc(-c6cncc(NC(=O)C7CCCC7)c6)cc45)cc23)s1. The number of H-pyrrole nitrogens is 2. The lowest BCUT2D eigenvalue weighted by Crippen LogP contribution is -2.20. The number of anilines is 1. The zero-order chi connectivity index (χ0) is 25.6. The van der Waals surface area contributed by atoms with Crippen LogP contribution in [0.4, 0.5) is 5.69 Å². The Kier molecular flexibility index (Phi) is 5.51. The summed E-state index contributed by atoms with van der Waals surface area (Å²) in [5, 5.41) is 12.6. The average Bonchev–Trinajstić information content (AvgIpc) is 3.74. The van der Waals surface area contributed by atoms with Crippen molar-refractivity contribution in [2.45, 2.75) is 32.6 Å². The summed E-state index contributed by atoms with van der Waals surface area (Å²) in [5.41, 5.74) is 6.87. The molecule has 6 aromatic heterocycles. The van der Waals surface area contributed by atoms with Gasteiger partial charge in [0, 0.05) is 56.8 Å². The van der Waals surface area contributed by atoms with Gasteiger partial charge in [-0.1, -0.05) is 12.8 Å². The van der Waals surface area contributed by atoms with Gasteiger partial charge in [-0.25, -0.2) is 4.98 Å². The molecule has 0 atom stereocenters. The van der Waals surface area contributed by atoms with Crippen LogP contribution in [0.15, 0.2) is 61.2 Å². The molecule has 6 heterocycles. The lowest BCUT2D eigenvalue weighted by Gasteiger charge is -2.11. The van der Waals surface area contributed by atoms with E-state index in [1.165, 1.54) is 4.88 Å². The van der Waals surface area contributed by atoms with Gasteiger partial charge in [-0.3, -0.25) is 19.9 Å². The number of pyridine rings is 3. The molecular weight excluding hydrogens is 494 g/mol. The molecule has 1 aliphatic rings. The Morgan fingerprint density at radius 1 is 1.00 bits per heavy atom. The van der Waals surface area contributed by atoms with Crippen molar-refractivity contribution in [3.8, 4) is 33.1 Å². The van der Waals surface area contributed by atoms with Gasteiger partial charge in [0.1, 0.15) is 0 Å². The molecule has 1 amide bonds. The van der Waals surface area contributed by atoms with Crippen LogP contribution in [0.1, 0.15) is 30.6 Å². The molecule has 1 fully saturated rings. The monoisotopic (exact) mass is 519 g/mol. The van der Waals surface area contributed by atoms with Crippen molar-refractivity contribution in [1.29, 1.82) is 0 Å². The highest BCUT2D eigenvalue weighted by Gasteiger charge is 2.23. The molecular formula is C29H25N7OS. The van der Waals surface area contributed by atoms with E-state index in [0.29, 0.717) is 11.3 Å². The second-order valence-electron chi connectivity index (χ2n) is 9.84. The van der Waals surface area contributed by atoms with Crippen LogP contribution >= 0.6 is 11.3 Å². The number of carbonyl (C=O) groups excluding carboxylic acids is 1. The molecule has 0 aromatic carbocycles. The first kappa shape index (κ1) is 22.8. The molecule has 1 saturated carbocycles. The van der Waals surface area contributed by atoms with Gasteiger partial charge in [-0.15, -0.1) is 11.3 Å². The highest BCUT2D eigenvalue weighted by Crippen LogP contribution is 2.36. The maximum absolute atomic E-state index is 12.6. The number of aromatic amines is 2. The van der Waals surface area contributed by atoms with Crippen LogP contribution in [-0.4, -0.2) is 36.0 Å². The molecule has 0 spiro atoms. The standard InChI is InChI=1S/C29H25N7OS/c1-16-6-7-25(38-16)27-21-12-24(34-23(21)8-9-31-27)26-22-11-19(14-32-28(22)36-35-26)18-10-20(15-30-13-18)33-29(37)17-4-2-3-5-17/h6-15,17,34H,2-5H2,1H3,(H,33,37)(H,32,35,36). The number of rotatable bonds is 5. The summed E-state index contributed by atoms with van der Waals surface area (Å²) < 4.78 is 0. The maximum atomic E-state index is 12.6. The normalized spacial score (nSPS) is 14.0. The molecule has 0 saturated heterocycles. The Balaban J connectivity index is 1.24. The van der Waals surface area contributed by atoms with Gasteiger partial charge in [-0.05, 0) is 56.2 Å². The number of hydrogen-bond acceptors (Lipinski definition) is 6. The number of nitrogens with one attached hydrogen (secondary N) is 3. The second kappa shape index (κ2) is 9.18. The first-order valence-corrected chi connectivity index (χ1v) is 13.6. The van der Waals surface area contributed by atoms with E-state index < -0.39 is 0 Å². The average molecular weight is 520 g/mol. The van der Waals surface area contributed by atoms with E-state index in [1.54, 1.807) is 29.9 Å². The van der Waals surface area contributed by atoms with Crippen molar-refractivity contribution in [1.82, 2.24) is 30.1 Å². The van der Waals surface area contributed by atoms with Crippen LogP contribution in [0.5, 0.6) is 0 Å². The van der Waals surface area contributed by atoms with Crippen molar-refractivity contribution in [3.05, 3.63) is 66.1 Å². The Morgan fingerprint density at radius 2 is 1.87 bits per heavy atom. The number of nitrogens with zero attached hydrogens (tertiary/aromatic N) is 4. The van der Waals surface area contributed by atoms with Gasteiger partial charge in [0.15, 0.2) is 5.65 Å². The van der Waals surface area contributed by atoms with Crippen LogP contribution in [0.25, 0.3) is 55.0 Å². The first-order valence-electron chi connectivity index (χ1n) is 12.8. The minimum Gasteiger partial charge on any atom is -0.353 e. The molecule has 188 valence electrons. The number of aryl methyl sites for hydroxylation is 1. The van der Waals surface area contributed by atoms with Gasteiger partial charge in [0.25, 0.3) is 0 Å². The fourth-order valence-electron chi connectivity index (χ4n) is 5.31. The first-order chi connectivity index (χ1) is 18.6. The van der Waals surface area contributed by atoms with Crippen molar-refractivity contribution in [2.24, 2.45) is 5.92 Å². The summed E-state index contributed by atoms with van der Waals surface area (Å²) >= 11 is 1.74. The lowest BCUT2D eigenvalue weighted by molar-refractivity contribution is -0.119. The molecule has 1 aliphatic carbocycles. The van der Waals surface area contributed by atoms with E-state index in [1.807, 2.05) is 18.3 Å². The smallest absolute Gasteiger partial charge is 0.227 e. The number of aromatic nitrogens is 6. The zero-order valence-corrected chi connectivity index (χ0v) is 21.6. The van der Waals surface area contributed by atoms with Gasteiger partial charge in [0.05, 0.1) is 33.8 Å². The van der Waals surface area contributed by atoms with E-state index in [9.17, 15) is 4.79 Å². The quantitative estimate of drug-likeness (QED) is 0.234. The minimum absolute atomic E-state index is 0.0810. The summed E-state index contributed by atoms with van der Waals surface area (Å²) in [6.07, 6.45) is 11.3. The van der Waals surface area contributed by atoms with E-state index >= 15 is 0 Å².